The number of pyridine rings is 1. The monoisotopic (exact) mass is 419 g/mol. The average Bonchev–Trinajstić information content (AvgIpc) is 3.14. The molecule has 4 nitrogen and oxygen atoms in total. The molecule has 0 saturated heterocycles. The second-order valence-corrected chi connectivity index (χ2v) is 8.08. The summed E-state index contributed by atoms with van der Waals surface area (Å²) in [4.78, 5) is 9.85. The second kappa shape index (κ2) is 9.50. The Labute approximate surface area is 179 Å². The van der Waals surface area contributed by atoms with Crippen molar-refractivity contribution in [2.24, 2.45) is 0 Å². The maximum absolute atomic E-state index is 14.5. The van der Waals surface area contributed by atoms with Crippen LogP contribution in [0, 0.1) is 12.7 Å². The minimum absolute atomic E-state index is 0.264. The maximum Gasteiger partial charge on any atom is 0.187 e. The third kappa shape index (κ3) is 5.02. The van der Waals surface area contributed by atoms with Gasteiger partial charge in [-0.15, -0.1) is 11.3 Å². The molecule has 2 aromatic carbocycles. The van der Waals surface area contributed by atoms with Crippen molar-refractivity contribution in [3.8, 4) is 17.0 Å². The lowest BCUT2D eigenvalue weighted by Gasteiger charge is -2.09. The van der Waals surface area contributed by atoms with Gasteiger partial charge in [0.1, 0.15) is 0 Å². The molecule has 0 atom stereocenters. The molecule has 0 fully saturated rings. The summed E-state index contributed by atoms with van der Waals surface area (Å²) in [5.41, 5.74) is 3.74. The number of anilines is 2. The van der Waals surface area contributed by atoms with Gasteiger partial charge in [-0.25, -0.2) is 9.37 Å². The van der Waals surface area contributed by atoms with Crippen LogP contribution >= 0.6 is 11.3 Å². The van der Waals surface area contributed by atoms with Gasteiger partial charge in [0.05, 0.1) is 12.3 Å². The fourth-order valence-electron chi connectivity index (χ4n) is 3.14. The molecule has 2 heterocycles. The van der Waals surface area contributed by atoms with E-state index < -0.39 is 0 Å². The number of ether oxygens (including phenoxy) is 1. The highest BCUT2D eigenvalue weighted by Crippen LogP contribution is 2.32. The number of nitrogens with zero attached hydrogens (tertiary/aromatic N) is 2. The van der Waals surface area contributed by atoms with Crippen LogP contribution in [0.4, 0.5) is 15.2 Å². The van der Waals surface area contributed by atoms with E-state index in [0.29, 0.717) is 17.4 Å². The summed E-state index contributed by atoms with van der Waals surface area (Å²) in [6, 6.07) is 19.0. The van der Waals surface area contributed by atoms with Gasteiger partial charge >= 0.3 is 0 Å². The number of rotatable bonds is 8. The molecular formula is C24H22FN3OS. The van der Waals surface area contributed by atoms with E-state index in [0.717, 1.165) is 29.0 Å². The van der Waals surface area contributed by atoms with E-state index >= 15 is 0 Å². The molecule has 0 aliphatic carbocycles. The van der Waals surface area contributed by atoms with Crippen LogP contribution in [-0.4, -0.2) is 16.6 Å². The predicted molar refractivity (Wildman–Crippen MR) is 120 cm³/mol. The average molecular weight is 420 g/mol. The highest BCUT2D eigenvalue weighted by atomic mass is 32.1. The van der Waals surface area contributed by atoms with Gasteiger partial charge in [-0.3, -0.25) is 4.98 Å². The van der Waals surface area contributed by atoms with Gasteiger partial charge in [0, 0.05) is 34.6 Å². The van der Waals surface area contributed by atoms with Gasteiger partial charge in [0.15, 0.2) is 16.7 Å². The van der Waals surface area contributed by atoms with E-state index in [1.54, 1.807) is 24.5 Å². The molecule has 30 heavy (non-hydrogen) atoms. The number of aromatic nitrogens is 2. The summed E-state index contributed by atoms with van der Waals surface area (Å²) >= 11 is 1.53. The molecule has 0 unspecified atom stereocenters. The molecule has 152 valence electrons. The zero-order chi connectivity index (χ0) is 20.8. The number of hydrogen-bond acceptors (Lipinski definition) is 5. The van der Waals surface area contributed by atoms with E-state index in [9.17, 15) is 4.39 Å². The lowest BCUT2D eigenvalue weighted by atomic mass is 10.1. The molecule has 0 aliphatic heterocycles. The predicted octanol–water partition coefficient (Wildman–Crippen LogP) is 6.41. The van der Waals surface area contributed by atoms with Gasteiger partial charge in [-0.1, -0.05) is 30.3 Å². The van der Waals surface area contributed by atoms with E-state index in [2.05, 4.69) is 27.4 Å². The first kappa shape index (κ1) is 20.0. The molecule has 6 heteroatoms. The van der Waals surface area contributed by atoms with Crippen molar-refractivity contribution in [2.75, 3.05) is 11.9 Å². The molecule has 1 N–H and O–H groups in total. The number of nitrogens with one attached hydrogen (secondary N) is 1. The summed E-state index contributed by atoms with van der Waals surface area (Å²) in [6.45, 7) is 2.48. The van der Waals surface area contributed by atoms with Crippen LogP contribution in [0.25, 0.3) is 11.3 Å². The lowest BCUT2D eigenvalue weighted by molar-refractivity contribution is 0.296. The highest BCUT2D eigenvalue weighted by molar-refractivity contribution is 7.16. The molecule has 2 aromatic heterocycles. The van der Waals surface area contributed by atoms with Crippen LogP contribution < -0.4 is 10.1 Å². The molecular weight excluding hydrogens is 397 g/mol. The van der Waals surface area contributed by atoms with Gasteiger partial charge in [0.2, 0.25) is 0 Å². The quantitative estimate of drug-likeness (QED) is 0.335. The van der Waals surface area contributed by atoms with Crippen molar-refractivity contribution < 1.29 is 9.13 Å². The minimum atomic E-state index is -0.388. The lowest BCUT2D eigenvalue weighted by Crippen LogP contribution is -2.01. The molecule has 0 radical (unpaired) electrons. The standard InChI is InChI=1S/C24H22FN3OS/c1-17-23(19-10-5-13-26-16-19)28-24(30-17)27-20-11-12-22(21(25)15-20)29-14-6-9-18-7-3-2-4-8-18/h2-5,7-8,10-13,15-16H,6,9,14H2,1H3,(H,27,28). The topological polar surface area (TPSA) is 47.0 Å². The van der Waals surface area contributed by atoms with Crippen LogP contribution in [0.2, 0.25) is 0 Å². The summed E-state index contributed by atoms with van der Waals surface area (Å²) < 4.78 is 20.1. The fraction of sp³-hybridized carbons (Fsp3) is 0.167. The van der Waals surface area contributed by atoms with Crippen molar-refractivity contribution in [3.05, 3.63) is 89.3 Å². The van der Waals surface area contributed by atoms with E-state index in [-0.39, 0.29) is 11.6 Å². The number of halogens is 1. The minimum Gasteiger partial charge on any atom is -0.491 e. The molecule has 0 aliphatic rings. The first-order valence-electron chi connectivity index (χ1n) is 9.80. The molecule has 0 spiro atoms. The zero-order valence-corrected chi connectivity index (χ0v) is 17.5. The number of hydrogen-bond donors (Lipinski definition) is 1. The van der Waals surface area contributed by atoms with Gasteiger partial charge in [-0.2, -0.15) is 0 Å². The summed E-state index contributed by atoms with van der Waals surface area (Å²) in [6.07, 6.45) is 5.26. The third-order valence-corrected chi connectivity index (χ3v) is 5.51. The Morgan fingerprint density at radius 3 is 2.70 bits per heavy atom. The first-order valence-corrected chi connectivity index (χ1v) is 10.6. The fourth-order valence-corrected chi connectivity index (χ4v) is 4.00. The third-order valence-electron chi connectivity index (χ3n) is 4.62. The summed E-state index contributed by atoms with van der Waals surface area (Å²) in [7, 11) is 0. The first-order chi connectivity index (χ1) is 14.7. The van der Waals surface area contributed by atoms with Crippen LogP contribution in [0.15, 0.2) is 73.1 Å². The molecule has 0 amide bonds. The Bertz CT molecular complexity index is 1100. The zero-order valence-electron chi connectivity index (χ0n) is 16.6. The number of aryl methyl sites for hydroxylation is 2. The Morgan fingerprint density at radius 1 is 1.07 bits per heavy atom. The van der Waals surface area contributed by atoms with Crippen molar-refractivity contribution >= 4 is 22.2 Å². The normalized spacial score (nSPS) is 10.7. The molecule has 4 rings (SSSR count). The van der Waals surface area contributed by atoms with Crippen LogP contribution in [0.5, 0.6) is 5.75 Å². The Kier molecular flexibility index (Phi) is 6.35. The van der Waals surface area contributed by atoms with Gasteiger partial charge in [-0.05, 0) is 49.6 Å². The van der Waals surface area contributed by atoms with Crippen LogP contribution in [-0.2, 0) is 6.42 Å². The van der Waals surface area contributed by atoms with E-state index in [4.69, 9.17) is 4.74 Å². The smallest absolute Gasteiger partial charge is 0.187 e. The number of benzene rings is 2. The van der Waals surface area contributed by atoms with Crippen molar-refractivity contribution in [2.45, 2.75) is 19.8 Å². The Hall–Kier alpha value is -3.25. The molecule has 0 bridgehead atoms. The second-order valence-electron chi connectivity index (χ2n) is 6.87. The number of thiazole rings is 1. The van der Waals surface area contributed by atoms with Gasteiger partial charge < -0.3 is 10.1 Å². The molecule has 0 saturated carbocycles. The highest BCUT2D eigenvalue weighted by Gasteiger charge is 2.11. The van der Waals surface area contributed by atoms with Gasteiger partial charge in [0.25, 0.3) is 0 Å². The summed E-state index contributed by atoms with van der Waals surface area (Å²) in [5.74, 6) is -0.125. The van der Waals surface area contributed by atoms with E-state index in [1.807, 2.05) is 37.3 Å². The van der Waals surface area contributed by atoms with Crippen molar-refractivity contribution in [3.63, 3.8) is 0 Å². The maximum atomic E-state index is 14.5. The largest absolute Gasteiger partial charge is 0.491 e. The van der Waals surface area contributed by atoms with Crippen molar-refractivity contribution in [1.82, 2.24) is 9.97 Å². The SMILES string of the molecule is Cc1sc(Nc2ccc(OCCCc3ccccc3)c(F)c2)nc1-c1cccnc1. The van der Waals surface area contributed by atoms with E-state index in [1.165, 1.54) is 23.0 Å². The van der Waals surface area contributed by atoms with Crippen molar-refractivity contribution in [1.29, 1.82) is 0 Å². The van der Waals surface area contributed by atoms with Crippen LogP contribution in [0.3, 0.4) is 0 Å². The summed E-state index contributed by atoms with van der Waals surface area (Å²) in [5, 5.41) is 3.89. The van der Waals surface area contributed by atoms with Crippen LogP contribution in [0.1, 0.15) is 16.9 Å². The molecule has 4 aromatic rings. The Balaban J connectivity index is 1.35. The Morgan fingerprint density at radius 2 is 1.93 bits per heavy atom.